The van der Waals surface area contributed by atoms with E-state index in [4.69, 9.17) is 14.2 Å². The summed E-state index contributed by atoms with van der Waals surface area (Å²) in [6.45, 7) is 4.52. The summed E-state index contributed by atoms with van der Waals surface area (Å²) in [5.41, 5.74) is 1.90. The van der Waals surface area contributed by atoms with Gasteiger partial charge in [-0.1, -0.05) is 238 Å². The van der Waals surface area contributed by atoms with Gasteiger partial charge in [0.15, 0.2) is 6.10 Å². The average molecular weight is 835 g/mol. The first-order valence-electron chi connectivity index (χ1n) is 24.6. The number of rotatable bonds is 37. The molecule has 0 saturated carbocycles. The highest BCUT2D eigenvalue weighted by atomic mass is 16.6. The molecule has 5 heteroatoms. The quantitative estimate of drug-likeness (QED) is 0.0251. The Morgan fingerprint density at radius 1 is 0.459 bits per heavy atom. The van der Waals surface area contributed by atoms with Crippen LogP contribution in [0.2, 0.25) is 0 Å². The molecule has 3 rings (SSSR count). The van der Waals surface area contributed by atoms with Crippen molar-refractivity contribution in [2.75, 3.05) is 13.2 Å². The van der Waals surface area contributed by atoms with E-state index in [1.54, 1.807) is 0 Å². The van der Waals surface area contributed by atoms with Crippen molar-refractivity contribution in [2.45, 2.75) is 192 Å². The van der Waals surface area contributed by atoms with E-state index in [9.17, 15) is 9.59 Å². The predicted molar refractivity (Wildman–Crippen MR) is 256 cm³/mol. The fourth-order valence-corrected chi connectivity index (χ4v) is 7.97. The first-order chi connectivity index (χ1) is 30.1. The summed E-state index contributed by atoms with van der Waals surface area (Å²) < 4.78 is 18.9. The molecule has 0 bridgehead atoms. The van der Waals surface area contributed by atoms with Crippen LogP contribution in [-0.4, -0.2) is 31.3 Å². The number of esters is 2. The van der Waals surface area contributed by atoms with Crippen LogP contribution in [0.1, 0.15) is 197 Å². The Labute approximate surface area is 372 Å². The molecule has 0 radical (unpaired) electrons. The van der Waals surface area contributed by atoms with E-state index in [2.05, 4.69) is 74.5 Å². The molecule has 0 unspecified atom stereocenters. The molecule has 3 aromatic carbocycles. The van der Waals surface area contributed by atoms with Gasteiger partial charge in [-0.2, -0.15) is 0 Å². The number of hydrogen-bond acceptors (Lipinski definition) is 5. The first-order valence-corrected chi connectivity index (χ1v) is 24.6. The van der Waals surface area contributed by atoms with Gasteiger partial charge in [0.05, 0.1) is 6.61 Å². The summed E-state index contributed by atoms with van der Waals surface area (Å²) in [5.74, 6) is -0.533. The molecule has 0 aromatic heterocycles. The summed E-state index contributed by atoms with van der Waals surface area (Å²) in [6, 6.07) is 30.5. The second-order valence-electron chi connectivity index (χ2n) is 16.9. The lowest BCUT2D eigenvalue weighted by Crippen LogP contribution is -2.38. The minimum atomic E-state index is -0.979. The van der Waals surface area contributed by atoms with Crippen LogP contribution in [0, 0.1) is 0 Å². The summed E-state index contributed by atoms with van der Waals surface area (Å²) in [5, 5.41) is 0. The van der Waals surface area contributed by atoms with E-state index in [-0.39, 0.29) is 25.2 Å². The van der Waals surface area contributed by atoms with Gasteiger partial charge in [-0.25, -0.2) is 0 Å². The zero-order valence-corrected chi connectivity index (χ0v) is 38.4. The van der Waals surface area contributed by atoms with Crippen molar-refractivity contribution >= 4 is 11.9 Å². The monoisotopic (exact) mass is 835 g/mol. The van der Waals surface area contributed by atoms with Gasteiger partial charge in [-0.05, 0) is 61.6 Å². The highest BCUT2D eigenvalue weighted by Crippen LogP contribution is 2.40. The summed E-state index contributed by atoms with van der Waals surface area (Å²) in [4.78, 5) is 26.4. The van der Waals surface area contributed by atoms with Crippen LogP contribution in [0.4, 0.5) is 0 Å². The van der Waals surface area contributed by atoms with Gasteiger partial charge in [0.25, 0.3) is 0 Å². The van der Waals surface area contributed by atoms with Crippen molar-refractivity contribution in [3.8, 4) is 0 Å². The second-order valence-corrected chi connectivity index (χ2v) is 16.9. The Hall–Kier alpha value is -3.96. The third-order valence-electron chi connectivity index (χ3n) is 11.6. The molecule has 0 aliphatic rings. The summed E-state index contributed by atoms with van der Waals surface area (Å²) in [6.07, 6.45) is 37.7. The third-order valence-corrected chi connectivity index (χ3v) is 11.6. The number of carbonyl (C=O) groups excluding carboxylic acids is 2. The maximum Gasteiger partial charge on any atom is 0.306 e. The number of benzene rings is 3. The van der Waals surface area contributed by atoms with E-state index in [1.165, 1.54) is 89.9 Å². The molecule has 0 fully saturated rings. The largest absolute Gasteiger partial charge is 0.462 e. The third kappa shape index (κ3) is 22.6. The average Bonchev–Trinajstić information content (AvgIpc) is 3.29. The topological polar surface area (TPSA) is 61.8 Å². The van der Waals surface area contributed by atoms with Gasteiger partial charge in [0.1, 0.15) is 12.2 Å². The lowest BCUT2D eigenvalue weighted by atomic mass is 9.80. The fraction of sp³-hybridized carbons (Fsp3) is 0.571. The molecule has 0 heterocycles. The van der Waals surface area contributed by atoms with Gasteiger partial charge in [-0.3, -0.25) is 9.59 Å². The molecule has 0 saturated heterocycles. The summed E-state index contributed by atoms with van der Waals surface area (Å²) in [7, 11) is 0. The Bertz CT molecular complexity index is 1450. The molecule has 5 nitrogen and oxygen atoms in total. The Morgan fingerprint density at radius 2 is 0.836 bits per heavy atom. The Morgan fingerprint density at radius 3 is 1.30 bits per heavy atom. The Kier molecular flexibility index (Phi) is 29.2. The maximum absolute atomic E-state index is 13.3. The molecule has 3 aromatic rings. The lowest BCUT2D eigenvalue weighted by molar-refractivity contribution is -0.165. The molecule has 0 aliphatic carbocycles. The molecule has 1 atom stereocenters. The molecule has 61 heavy (non-hydrogen) atoms. The van der Waals surface area contributed by atoms with Crippen molar-refractivity contribution in [1.82, 2.24) is 0 Å². The standard InChI is InChI=1S/C56H82O5/c1-3-5-7-9-11-13-15-17-18-20-22-24-26-28-39-47-55(58)61-53(48-59-54(57)46-38-27-25-23-21-19-16-14-12-10-8-6-4-2)49-60-56(50-40-32-29-33-41-50,51-42-34-30-35-43-51)52-44-36-31-37-45-52/h11,13,17-18,29-37,40-45,53H,3-10,12,14-16,19-28,38-39,46-49H2,1-2H3/t53-/m1/s1. The van der Waals surface area contributed by atoms with Crippen molar-refractivity contribution in [1.29, 1.82) is 0 Å². The van der Waals surface area contributed by atoms with Gasteiger partial charge >= 0.3 is 11.9 Å². The van der Waals surface area contributed by atoms with Crippen LogP contribution in [-0.2, 0) is 29.4 Å². The predicted octanol–water partition coefficient (Wildman–Crippen LogP) is 15.7. The van der Waals surface area contributed by atoms with Crippen LogP contribution in [0.5, 0.6) is 0 Å². The number of unbranched alkanes of at least 4 members (excludes halogenated alkanes) is 20. The highest BCUT2D eigenvalue weighted by Gasteiger charge is 2.38. The highest BCUT2D eigenvalue weighted by molar-refractivity contribution is 5.70. The molecule has 336 valence electrons. The number of carbonyl (C=O) groups is 2. The van der Waals surface area contributed by atoms with Crippen LogP contribution < -0.4 is 0 Å². The van der Waals surface area contributed by atoms with E-state index in [0.29, 0.717) is 12.8 Å². The molecule has 0 amide bonds. The summed E-state index contributed by atoms with van der Waals surface area (Å²) >= 11 is 0. The van der Waals surface area contributed by atoms with E-state index in [0.717, 1.165) is 80.9 Å². The normalized spacial score (nSPS) is 12.3. The molecular weight excluding hydrogens is 753 g/mol. The van der Waals surface area contributed by atoms with Crippen LogP contribution in [0.25, 0.3) is 0 Å². The van der Waals surface area contributed by atoms with Crippen LogP contribution in [0.3, 0.4) is 0 Å². The van der Waals surface area contributed by atoms with Gasteiger partial charge in [0.2, 0.25) is 0 Å². The number of ether oxygens (including phenoxy) is 3. The minimum absolute atomic E-state index is 0.0420. The van der Waals surface area contributed by atoms with E-state index in [1.807, 2.05) is 54.6 Å². The van der Waals surface area contributed by atoms with Crippen LogP contribution in [0.15, 0.2) is 115 Å². The van der Waals surface area contributed by atoms with E-state index < -0.39 is 11.7 Å². The van der Waals surface area contributed by atoms with Crippen molar-refractivity contribution in [3.63, 3.8) is 0 Å². The van der Waals surface area contributed by atoms with Crippen molar-refractivity contribution in [3.05, 3.63) is 132 Å². The molecule has 0 aliphatic heterocycles. The number of allylic oxidation sites excluding steroid dienone is 4. The minimum Gasteiger partial charge on any atom is -0.462 e. The molecular formula is C56H82O5. The maximum atomic E-state index is 13.3. The first kappa shape index (κ1) is 51.4. The van der Waals surface area contributed by atoms with Crippen molar-refractivity contribution in [2.24, 2.45) is 0 Å². The van der Waals surface area contributed by atoms with Gasteiger partial charge < -0.3 is 14.2 Å². The zero-order chi connectivity index (χ0) is 43.3. The molecule has 0 spiro atoms. The fourth-order valence-electron chi connectivity index (χ4n) is 7.97. The van der Waals surface area contributed by atoms with E-state index >= 15 is 0 Å². The second kappa shape index (κ2) is 34.6. The van der Waals surface area contributed by atoms with Crippen LogP contribution >= 0.6 is 0 Å². The zero-order valence-electron chi connectivity index (χ0n) is 38.4. The smallest absolute Gasteiger partial charge is 0.306 e. The number of hydrogen-bond donors (Lipinski definition) is 0. The Balaban J connectivity index is 1.52. The lowest BCUT2D eigenvalue weighted by Gasteiger charge is -2.37. The van der Waals surface area contributed by atoms with Crippen molar-refractivity contribution < 1.29 is 23.8 Å². The van der Waals surface area contributed by atoms with Gasteiger partial charge in [-0.15, -0.1) is 0 Å². The van der Waals surface area contributed by atoms with Gasteiger partial charge in [0, 0.05) is 12.8 Å². The SMILES string of the molecule is CCCCCC=CCC=CCCCCCCCC(=O)O[C@H](COC(=O)CCCCCCCCCCCCCCC)COC(c1ccccc1)(c1ccccc1)c1ccccc1. The molecule has 0 N–H and O–H groups in total.